The zero-order valence-corrected chi connectivity index (χ0v) is 12.4. The fraction of sp³-hybridized carbons (Fsp3) is 0.769. The third kappa shape index (κ3) is 3.69. The molecule has 1 aliphatic heterocycles. The average Bonchev–Trinajstić information content (AvgIpc) is 2.78. The van der Waals surface area contributed by atoms with E-state index in [9.17, 15) is 5.11 Å². The molecule has 2 heterocycles. The van der Waals surface area contributed by atoms with E-state index in [-0.39, 0.29) is 5.92 Å². The van der Waals surface area contributed by atoms with Gasteiger partial charge in [-0.05, 0) is 45.9 Å². The van der Waals surface area contributed by atoms with Crippen LogP contribution in [0, 0.1) is 5.92 Å². The highest BCUT2D eigenvalue weighted by Gasteiger charge is 2.27. The van der Waals surface area contributed by atoms with Crippen LogP contribution in [0.4, 0.5) is 0 Å². The average molecular weight is 287 g/mol. The molecule has 1 atom stereocenters. The van der Waals surface area contributed by atoms with E-state index in [2.05, 4.69) is 15.3 Å². The van der Waals surface area contributed by atoms with Gasteiger partial charge in [0.05, 0.1) is 23.5 Å². The Morgan fingerprint density at radius 2 is 2.21 bits per heavy atom. The third-order valence-corrected chi connectivity index (χ3v) is 3.99. The number of aliphatic hydroxyl groups excluding tert-OH is 1. The van der Waals surface area contributed by atoms with Gasteiger partial charge in [0.2, 0.25) is 0 Å². The Kier molecular flexibility index (Phi) is 5.21. The van der Waals surface area contributed by atoms with Crippen LogP contribution in [-0.4, -0.2) is 53.5 Å². The van der Waals surface area contributed by atoms with E-state index in [1.807, 2.05) is 18.8 Å². The zero-order valence-electron chi connectivity index (χ0n) is 11.6. The molecule has 1 fully saturated rings. The lowest BCUT2D eigenvalue weighted by molar-refractivity contribution is 0.0802. The monoisotopic (exact) mass is 286 g/mol. The van der Waals surface area contributed by atoms with Gasteiger partial charge in [-0.1, -0.05) is 11.6 Å². The second-order valence-electron chi connectivity index (χ2n) is 5.44. The Morgan fingerprint density at radius 1 is 1.53 bits per heavy atom. The number of halogens is 1. The first-order chi connectivity index (χ1) is 9.09. The third-order valence-electron chi connectivity index (χ3n) is 3.70. The number of nitrogens with one attached hydrogen (secondary N) is 1. The number of piperidine rings is 1. The van der Waals surface area contributed by atoms with E-state index in [0.717, 1.165) is 44.7 Å². The van der Waals surface area contributed by atoms with Gasteiger partial charge in [-0.2, -0.15) is 5.10 Å². The lowest BCUT2D eigenvalue weighted by Gasteiger charge is -2.28. The molecule has 0 radical (unpaired) electrons. The summed E-state index contributed by atoms with van der Waals surface area (Å²) in [7, 11) is 4.04. The van der Waals surface area contributed by atoms with Gasteiger partial charge in [0.25, 0.3) is 0 Å². The fourth-order valence-corrected chi connectivity index (χ4v) is 2.78. The van der Waals surface area contributed by atoms with Crippen molar-refractivity contribution in [3.05, 3.63) is 16.9 Å². The van der Waals surface area contributed by atoms with Gasteiger partial charge < -0.3 is 15.3 Å². The van der Waals surface area contributed by atoms with Crippen molar-refractivity contribution in [2.45, 2.75) is 25.5 Å². The molecule has 5 nitrogen and oxygen atoms in total. The maximum Gasteiger partial charge on any atom is 0.100 e. The summed E-state index contributed by atoms with van der Waals surface area (Å²) in [6, 6.07) is 0. The SMILES string of the molecule is CN(C)CCn1ncc(Cl)c1C(O)C1CCNCC1. The van der Waals surface area contributed by atoms with Crippen LogP contribution in [0.25, 0.3) is 0 Å². The molecule has 1 unspecified atom stereocenters. The Morgan fingerprint density at radius 3 is 2.84 bits per heavy atom. The van der Waals surface area contributed by atoms with E-state index in [1.165, 1.54) is 0 Å². The molecule has 108 valence electrons. The molecule has 6 heteroatoms. The van der Waals surface area contributed by atoms with E-state index in [0.29, 0.717) is 5.02 Å². The summed E-state index contributed by atoms with van der Waals surface area (Å²) in [5.74, 6) is 0.272. The molecule has 0 aliphatic carbocycles. The Bertz CT molecular complexity index is 401. The minimum absolute atomic E-state index is 0.272. The van der Waals surface area contributed by atoms with Crippen LogP contribution < -0.4 is 5.32 Å². The Hall–Kier alpha value is -0.620. The number of nitrogens with zero attached hydrogens (tertiary/aromatic N) is 3. The molecule has 1 aliphatic rings. The first-order valence-corrected chi connectivity index (χ1v) is 7.22. The van der Waals surface area contributed by atoms with E-state index < -0.39 is 6.10 Å². The van der Waals surface area contributed by atoms with Crippen molar-refractivity contribution in [3.8, 4) is 0 Å². The number of aromatic nitrogens is 2. The summed E-state index contributed by atoms with van der Waals surface area (Å²) >= 11 is 6.20. The standard InChI is InChI=1S/C13H23ClN4O/c1-17(2)7-8-18-12(11(14)9-16-18)13(19)10-3-5-15-6-4-10/h9-10,13,15,19H,3-8H2,1-2H3. The van der Waals surface area contributed by atoms with E-state index in [1.54, 1.807) is 6.20 Å². The van der Waals surface area contributed by atoms with Crippen molar-refractivity contribution in [1.82, 2.24) is 20.0 Å². The Balaban J connectivity index is 2.10. The highest BCUT2D eigenvalue weighted by molar-refractivity contribution is 6.31. The molecule has 2 N–H and O–H groups in total. The van der Waals surface area contributed by atoms with Crippen molar-refractivity contribution in [2.75, 3.05) is 33.7 Å². The summed E-state index contributed by atoms with van der Waals surface area (Å²) in [5, 5.41) is 18.7. The minimum Gasteiger partial charge on any atom is -0.386 e. The van der Waals surface area contributed by atoms with Crippen LogP contribution in [0.2, 0.25) is 5.02 Å². The van der Waals surface area contributed by atoms with Crippen LogP contribution in [-0.2, 0) is 6.54 Å². The van der Waals surface area contributed by atoms with Crippen molar-refractivity contribution < 1.29 is 5.11 Å². The fourth-order valence-electron chi connectivity index (χ4n) is 2.52. The van der Waals surface area contributed by atoms with Gasteiger partial charge in [0.15, 0.2) is 0 Å². The van der Waals surface area contributed by atoms with Crippen LogP contribution in [0.15, 0.2) is 6.20 Å². The van der Waals surface area contributed by atoms with Gasteiger partial charge in [0.1, 0.15) is 6.10 Å². The van der Waals surface area contributed by atoms with Crippen molar-refractivity contribution >= 4 is 11.6 Å². The molecule has 0 bridgehead atoms. The van der Waals surface area contributed by atoms with Crippen LogP contribution in [0.3, 0.4) is 0 Å². The number of hydrogen-bond acceptors (Lipinski definition) is 4. The Labute approximate surface area is 119 Å². The molecular weight excluding hydrogens is 264 g/mol. The smallest absolute Gasteiger partial charge is 0.100 e. The highest BCUT2D eigenvalue weighted by Crippen LogP contribution is 2.32. The molecular formula is C13H23ClN4O. The van der Waals surface area contributed by atoms with Gasteiger partial charge in [0, 0.05) is 6.54 Å². The van der Waals surface area contributed by atoms with Gasteiger partial charge in [-0.25, -0.2) is 0 Å². The molecule has 0 saturated carbocycles. The first-order valence-electron chi connectivity index (χ1n) is 6.84. The molecule has 1 aromatic heterocycles. The van der Waals surface area contributed by atoms with Crippen molar-refractivity contribution in [2.24, 2.45) is 5.92 Å². The molecule has 19 heavy (non-hydrogen) atoms. The van der Waals surface area contributed by atoms with Crippen LogP contribution in [0.1, 0.15) is 24.6 Å². The van der Waals surface area contributed by atoms with Crippen LogP contribution >= 0.6 is 11.6 Å². The summed E-state index contributed by atoms with van der Waals surface area (Å²) in [6.07, 6.45) is 3.09. The zero-order chi connectivity index (χ0) is 13.8. The van der Waals surface area contributed by atoms with Crippen molar-refractivity contribution in [1.29, 1.82) is 0 Å². The predicted octanol–water partition coefficient (Wildman–Crippen LogP) is 1.13. The lowest BCUT2D eigenvalue weighted by Crippen LogP contribution is -2.32. The summed E-state index contributed by atoms with van der Waals surface area (Å²) in [5.41, 5.74) is 0.774. The van der Waals surface area contributed by atoms with Crippen molar-refractivity contribution in [3.63, 3.8) is 0 Å². The topological polar surface area (TPSA) is 53.3 Å². The largest absolute Gasteiger partial charge is 0.386 e. The van der Waals surface area contributed by atoms with Gasteiger partial charge >= 0.3 is 0 Å². The summed E-state index contributed by atoms with van der Waals surface area (Å²) < 4.78 is 1.84. The summed E-state index contributed by atoms with van der Waals surface area (Å²) in [6.45, 7) is 3.55. The second kappa shape index (κ2) is 6.70. The van der Waals surface area contributed by atoms with Crippen LogP contribution in [0.5, 0.6) is 0 Å². The molecule has 1 aromatic rings. The highest BCUT2D eigenvalue weighted by atomic mass is 35.5. The van der Waals surface area contributed by atoms with Gasteiger partial charge in [-0.15, -0.1) is 0 Å². The molecule has 0 amide bonds. The number of likely N-dealkylation sites (N-methyl/N-ethyl adjacent to an activating group) is 1. The lowest BCUT2D eigenvalue weighted by atomic mass is 9.90. The number of aliphatic hydroxyl groups is 1. The number of rotatable bonds is 5. The molecule has 2 rings (SSSR count). The summed E-state index contributed by atoms with van der Waals surface area (Å²) in [4.78, 5) is 2.09. The quantitative estimate of drug-likeness (QED) is 0.852. The van der Waals surface area contributed by atoms with E-state index >= 15 is 0 Å². The number of hydrogen-bond donors (Lipinski definition) is 2. The van der Waals surface area contributed by atoms with E-state index in [4.69, 9.17) is 11.6 Å². The molecule has 0 aromatic carbocycles. The van der Waals surface area contributed by atoms with Gasteiger partial charge in [-0.3, -0.25) is 4.68 Å². The first kappa shape index (κ1) is 14.8. The molecule has 1 saturated heterocycles. The maximum atomic E-state index is 10.6. The predicted molar refractivity (Wildman–Crippen MR) is 76.3 cm³/mol. The minimum atomic E-state index is -0.515. The molecule has 0 spiro atoms. The maximum absolute atomic E-state index is 10.6. The normalized spacial score (nSPS) is 19.0. The second-order valence-corrected chi connectivity index (χ2v) is 5.84.